The fourth-order valence-corrected chi connectivity index (χ4v) is 3.44. The van der Waals surface area contributed by atoms with Gasteiger partial charge in [0.25, 0.3) is 0 Å². The fourth-order valence-electron chi connectivity index (χ4n) is 3.44. The Bertz CT molecular complexity index is 1370. The number of halogens is 4. The van der Waals surface area contributed by atoms with Crippen molar-refractivity contribution in [1.29, 1.82) is 0 Å². The second-order valence-corrected chi connectivity index (χ2v) is 7.50. The number of hydrogen-bond acceptors (Lipinski definition) is 3. The zero-order chi connectivity index (χ0) is 24.9. The Morgan fingerprint density at radius 2 is 1.63 bits per heavy atom. The molecule has 4 nitrogen and oxygen atoms in total. The van der Waals surface area contributed by atoms with Crippen LogP contribution in [-0.4, -0.2) is 17.5 Å². The van der Waals surface area contributed by atoms with E-state index in [1.807, 2.05) is 35.2 Å². The number of carbonyl (C=O) groups is 1. The van der Waals surface area contributed by atoms with E-state index in [-0.39, 0.29) is 11.8 Å². The highest BCUT2D eigenvalue weighted by molar-refractivity contribution is 6.07. The summed E-state index contributed by atoms with van der Waals surface area (Å²) in [4.78, 5) is 12.7. The van der Waals surface area contributed by atoms with Gasteiger partial charge in [0.15, 0.2) is 23.2 Å². The highest BCUT2D eigenvalue weighted by Crippen LogP contribution is 2.29. The molecule has 0 amide bonds. The van der Waals surface area contributed by atoms with Gasteiger partial charge in [-0.15, -0.1) is 0 Å². The van der Waals surface area contributed by atoms with Crippen molar-refractivity contribution in [3.63, 3.8) is 0 Å². The van der Waals surface area contributed by atoms with Crippen LogP contribution in [0.5, 0.6) is 11.5 Å². The summed E-state index contributed by atoms with van der Waals surface area (Å²) in [6.07, 6.45) is 6.70. The standard InChI is InChI=1S/C27H19F4NO3/c1-34-24-10-8-17(13-19(24)16-35-27-25(30)21(28)15-22(29)26(27)31)7-9-23(33)18-5-4-6-20(14-18)32-11-2-3-12-32/h2-15H,16H2,1H3/b9-7+. The van der Waals surface area contributed by atoms with Crippen LogP contribution >= 0.6 is 0 Å². The molecule has 0 aliphatic heterocycles. The molecule has 8 heteroatoms. The molecule has 0 fully saturated rings. The quantitative estimate of drug-likeness (QED) is 0.125. The van der Waals surface area contributed by atoms with Gasteiger partial charge in [-0.3, -0.25) is 4.79 Å². The van der Waals surface area contributed by atoms with E-state index in [1.165, 1.54) is 13.2 Å². The second-order valence-electron chi connectivity index (χ2n) is 7.50. The molecule has 0 atom stereocenters. The van der Waals surface area contributed by atoms with Gasteiger partial charge >= 0.3 is 0 Å². The molecule has 178 valence electrons. The van der Waals surface area contributed by atoms with Gasteiger partial charge in [0.1, 0.15) is 12.4 Å². The summed E-state index contributed by atoms with van der Waals surface area (Å²) in [6.45, 7) is -0.436. The Hall–Kier alpha value is -4.33. The molecule has 0 N–H and O–H groups in total. The SMILES string of the molecule is COc1ccc(/C=C/C(=O)c2cccc(-n3cccc3)c2)cc1COc1c(F)c(F)cc(F)c1F. The molecule has 0 aliphatic rings. The van der Waals surface area contributed by atoms with Crippen LogP contribution < -0.4 is 9.47 Å². The molecule has 3 aromatic carbocycles. The molecule has 0 radical (unpaired) electrons. The maximum Gasteiger partial charge on any atom is 0.203 e. The highest BCUT2D eigenvalue weighted by Gasteiger charge is 2.21. The lowest BCUT2D eigenvalue weighted by atomic mass is 10.1. The summed E-state index contributed by atoms with van der Waals surface area (Å²) < 4.78 is 66.9. The van der Waals surface area contributed by atoms with E-state index in [9.17, 15) is 22.4 Å². The van der Waals surface area contributed by atoms with Crippen LogP contribution in [0.2, 0.25) is 0 Å². The number of hydrogen-bond donors (Lipinski definition) is 0. The van der Waals surface area contributed by atoms with E-state index < -0.39 is 35.6 Å². The minimum absolute atomic E-state index is 0.106. The summed E-state index contributed by atoms with van der Waals surface area (Å²) in [7, 11) is 1.39. The van der Waals surface area contributed by atoms with Crippen LogP contribution in [0.1, 0.15) is 21.5 Å². The van der Waals surface area contributed by atoms with Gasteiger partial charge < -0.3 is 14.0 Å². The molecular formula is C27H19F4NO3. The molecular weight excluding hydrogens is 462 g/mol. The van der Waals surface area contributed by atoms with Crippen molar-refractivity contribution in [2.75, 3.05) is 7.11 Å². The number of ketones is 1. The smallest absolute Gasteiger partial charge is 0.203 e. The van der Waals surface area contributed by atoms with Crippen molar-refractivity contribution in [3.05, 3.63) is 119 Å². The van der Waals surface area contributed by atoms with Crippen molar-refractivity contribution in [2.45, 2.75) is 6.61 Å². The maximum atomic E-state index is 13.9. The Labute approximate surface area is 198 Å². The third kappa shape index (κ3) is 5.27. The Morgan fingerprint density at radius 3 is 2.31 bits per heavy atom. The Balaban J connectivity index is 1.53. The molecule has 0 aliphatic carbocycles. The van der Waals surface area contributed by atoms with Crippen molar-refractivity contribution in [1.82, 2.24) is 4.57 Å². The van der Waals surface area contributed by atoms with Crippen LogP contribution in [-0.2, 0) is 6.61 Å². The van der Waals surface area contributed by atoms with Crippen molar-refractivity contribution in [2.24, 2.45) is 0 Å². The van der Waals surface area contributed by atoms with Gasteiger partial charge in [0.05, 0.1) is 7.11 Å². The van der Waals surface area contributed by atoms with E-state index in [0.29, 0.717) is 22.4 Å². The van der Waals surface area contributed by atoms with E-state index in [0.717, 1.165) is 5.69 Å². The monoisotopic (exact) mass is 481 g/mol. The van der Waals surface area contributed by atoms with Gasteiger partial charge in [-0.2, -0.15) is 8.78 Å². The van der Waals surface area contributed by atoms with Crippen LogP contribution in [0.25, 0.3) is 11.8 Å². The number of methoxy groups -OCH3 is 1. The average Bonchev–Trinajstić information content (AvgIpc) is 3.41. The number of rotatable bonds is 8. The normalized spacial score (nSPS) is 11.1. The number of aromatic nitrogens is 1. The van der Waals surface area contributed by atoms with E-state index in [2.05, 4.69) is 0 Å². The van der Waals surface area contributed by atoms with Crippen molar-refractivity contribution in [3.8, 4) is 17.2 Å². The van der Waals surface area contributed by atoms with Crippen LogP contribution in [0.3, 0.4) is 0 Å². The first-order valence-corrected chi connectivity index (χ1v) is 10.5. The molecule has 0 unspecified atom stereocenters. The van der Waals surface area contributed by atoms with Gasteiger partial charge in [0.2, 0.25) is 11.6 Å². The topological polar surface area (TPSA) is 40.5 Å². The molecule has 1 heterocycles. The number of carbonyl (C=O) groups excluding carboxylic acids is 1. The van der Waals surface area contributed by atoms with Gasteiger partial charge in [-0.1, -0.05) is 24.3 Å². The third-order valence-corrected chi connectivity index (χ3v) is 5.21. The lowest BCUT2D eigenvalue weighted by Gasteiger charge is -2.13. The molecule has 1 aromatic heterocycles. The first-order chi connectivity index (χ1) is 16.9. The van der Waals surface area contributed by atoms with Crippen molar-refractivity contribution < 1.29 is 31.8 Å². The minimum atomic E-state index is -1.63. The summed E-state index contributed by atoms with van der Waals surface area (Å²) in [5.74, 6) is -7.47. The number of ether oxygens (including phenoxy) is 2. The van der Waals surface area contributed by atoms with Crippen LogP contribution in [0.4, 0.5) is 17.6 Å². The van der Waals surface area contributed by atoms with Gasteiger partial charge in [0, 0.05) is 35.3 Å². The predicted octanol–water partition coefficient (Wildman–Crippen LogP) is 6.52. The number of allylic oxidation sites excluding steroid dienone is 1. The van der Waals surface area contributed by atoms with E-state index >= 15 is 0 Å². The van der Waals surface area contributed by atoms with Gasteiger partial charge in [-0.05, 0) is 48.0 Å². The van der Waals surface area contributed by atoms with Crippen LogP contribution in [0, 0.1) is 23.3 Å². The molecule has 4 aromatic rings. The maximum absolute atomic E-state index is 13.9. The molecule has 35 heavy (non-hydrogen) atoms. The minimum Gasteiger partial charge on any atom is -0.496 e. The summed E-state index contributed by atoms with van der Waals surface area (Å²) in [5, 5.41) is 0. The molecule has 4 rings (SSSR count). The highest BCUT2D eigenvalue weighted by atomic mass is 19.2. The zero-order valence-corrected chi connectivity index (χ0v) is 18.5. The fraction of sp³-hybridized carbons (Fsp3) is 0.0741. The first kappa shape index (κ1) is 23.8. The third-order valence-electron chi connectivity index (χ3n) is 5.21. The summed E-state index contributed by atoms with van der Waals surface area (Å²) in [5.41, 5.74) is 2.25. The van der Waals surface area contributed by atoms with Crippen molar-refractivity contribution >= 4 is 11.9 Å². The molecule has 0 saturated heterocycles. The zero-order valence-electron chi connectivity index (χ0n) is 18.5. The first-order valence-electron chi connectivity index (χ1n) is 10.5. The van der Waals surface area contributed by atoms with Crippen LogP contribution in [0.15, 0.2) is 79.1 Å². The summed E-state index contributed by atoms with van der Waals surface area (Å²) in [6, 6.07) is 15.8. The lowest BCUT2D eigenvalue weighted by molar-refractivity contribution is 0.104. The largest absolute Gasteiger partial charge is 0.496 e. The Morgan fingerprint density at radius 1 is 0.914 bits per heavy atom. The molecule has 0 bridgehead atoms. The Kier molecular flexibility index (Phi) is 7.01. The number of nitrogens with zero attached hydrogens (tertiary/aromatic N) is 1. The van der Waals surface area contributed by atoms with E-state index in [4.69, 9.17) is 9.47 Å². The average molecular weight is 481 g/mol. The van der Waals surface area contributed by atoms with E-state index in [1.54, 1.807) is 42.5 Å². The molecule has 0 spiro atoms. The van der Waals surface area contributed by atoms with Gasteiger partial charge in [-0.25, -0.2) is 8.78 Å². The molecule has 0 saturated carbocycles. The number of benzene rings is 3. The summed E-state index contributed by atoms with van der Waals surface area (Å²) >= 11 is 0. The predicted molar refractivity (Wildman–Crippen MR) is 123 cm³/mol. The second kappa shape index (κ2) is 10.3. The lowest BCUT2D eigenvalue weighted by Crippen LogP contribution is -2.05.